The summed E-state index contributed by atoms with van der Waals surface area (Å²) in [5, 5.41) is 0. The molecule has 0 aliphatic rings. The van der Waals surface area contributed by atoms with Crippen LogP contribution in [-0.4, -0.2) is 19.0 Å². The van der Waals surface area contributed by atoms with Gasteiger partial charge in [-0.25, -0.2) is 4.79 Å². The second-order valence-electron chi connectivity index (χ2n) is 3.34. The number of carbonyl (C=O) groups excluding carboxylic acids is 2. The van der Waals surface area contributed by atoms with Crippen LogP contribution in [0.5, 0.6) is 0 Å². The van der Waals surface area contributed by atoms with E-state index in [1.54, 1.807) is 0 Å². The summed E-state index contributed by atoms with van der Waals surface area (Å²) in [5.74, 6) is -1.28. The Morgan fingerprint density at radius 2 is 1.88 bits per heavy atom. The van der Waals surface area contributed by atoms with Crippen molar-refractivity contribution < 1.29 is 19.1 Å². The molecule has 1 aromatic carbocycles. The van der Waals surface area contributed by atoms with Crippen LogP contribution in [0.2, 0.25) is 0 Å². The van der Waals surface area contributed by atoms with E-state index in [9.17, 15) is 9.59 Å². The molecule has 1 aromatic rings. The van der Waals surface area contributed by atoms with Crippen molar-refractivity contribution in [2.24, 2.45) is 0 Å². The van der Waals surface area contributed by atoms with E-state index >= 15 is 0 Å². The highest BCUT2D eigenvalue weighted by Gasteiger charge is 2.12. The van der Waals surface area contributed by atoms with Gasteiger partial charge < -0.3 is 9.47 Å². The summed E-state index contributed by atoms with van der Waals surface area (Å²) in [5.41, 5.74) is 1.01. The Bertz CT molecular complexity index is 420. The van der Waals surface area contributed by atoms with Gasteiger partial charge in [0.1, 0.15) is 0 Å². The highest BCUT2D eigenvalue weighted by atomic mass is 16.6. The van der Waals surface area contributed by atoms with Crippen molar-refractivity contribution in [3.63, 3.8) is 0 Å². The maximum atomic E-state index is 11.3. The lowest BCUT2D eigenvalue weighted by Gasteiger charge is -2.04. The third-order valence-corrected chi connectivity index (χ3v) is 2.01. The number of hydrogen-bond donors (Lipinski definition) is 0. The normalized spacial score (nSPS) is 10.8. The smallest absolute Gasteiger partial charge is 0.373 e. The van der Waals surface area contributed by atoms with Gasteiger partial charge in [0.05, 0.1) is 7.11 Å². The molecule has 0 radical (unpaired) electrons. The molecule has 1 rings (SSSR count). The molecular formula is C13H14O4. The van der Waals surface area contributed by atoms with Crippen LogP contribution in [-0.2, 0) is 25.5 Å². The fourth-order valence-electron chi connectivity index (χ4n) is 1.25. The van der Waals surface area contributed by atoms with E-state index < -0.39 is 11.9 Å². The number of rotatable bonds is 4. The molecule has 0 unspecified atom stereocenters. The standard InChI is InChI=1S/C13H14O4/c1-10(14)17-12(13(15)16-2)9-8-11-6-4-3-5-7-11/h3-7,9H,8H2,1-2H3. The Balaban J connectivity index is 2.76. The van der Waals surface area contributed by atoms with Gasteiger partial charge in [0.15, 0.2) is 0 Å². The van der Waals surface area contributed by atoms with E-state index in [1.807, 2.05) is 30.3 Å². The predicted octanol–water partition coefficient (Wildman–Crippen LogP) is 1.85. The number of benzene rings is 1. The summed E-state index contributed by atoms with van der Waals surface area (Å²) >= 11 is 0. The number of esters is 2. The highest BCUT2D eigenvalue weighted by Crippen LogP contribution is 2.06. The minimum Gasteiger partial charge on any atom is -0.463 e. The molecule has 0 saturated carbocycles. The van der Waals surface area contributed by atoms with Gasteiger partial charge in [0.2, 0.25) is 5.76 Å². The van der Waals surface area contributed by atoms with Crippen molar-refractivity contribution >= 4 is 11.9 Å². The molecule has 0 aromatic heterocycles. The van der Waals surface area contributed by atoms with Crippen molar-refractivity contribution in [1.82, 2.24) is 0 Å². The van der Waals surface area contributed by atoms with Gasteiger partial charge in [-0.3, -0.25) is 4.79 Å². The first-order valence-electron chi connectivity index (χ1n) is 5.14. The van der Waals surface area contributed by atoms with Gasteiger partial charge in [0.25, 0.3) is 0 Å². The third-order valence-electron chi connectivity index (χ3n) is 2.01. The number of methoxy groups -OCH3 is 1. The topological polar surface area (TPSA) is 52.6 Å². The van der Waals surface area contributed by atoms with Crippen LogP contribution < -0.4 is 0 Å². The number of carbonyl (C=O) groups is 2. The molecule has 4 nitrogen and oxygen atoms in total. The number of hydrogen-bond acceptors (Lipinski definition) is 4. The summed E-state index contributed by atoms with van der Waals surface area (Å²) in [6, 6.07) is 9.53. The van der Waals surface area contributed by atoms with Crippen molar-refractivity contribution in [2.75, 3.05) is 7.11 Å². The lowest BCUT2D eigenvalue weighted by atomic mass is 10.1. The summed E-state index contributed by atoms with van der Waals surface area (Å²) in [4.78, 5) is 22.1. The Hall–Kier alpha value is -2.10. The van der Waals surface area contributed by atoms with E-state index in [4.69, 9.17) is 4.74 Å². The molecule has 0 heterocycles. The predicted molar refractivity (Wildman–Crippen MR) is 62.0 cm³/mol. The van der Waals surface area contributed by atoms with Gasteiger partial charge >= 0.3 is 11.9 Å². The molecule has 17 heavy (non-hydrogen) atoms. The Morgan fingerprint density at radius 1 is 1.24 bits per heavy atom. The van der Waals surface area contributed by atoms with Crippen LogP contribution in [0.15, 0.2) is 42.2 Å². The largest absolute Gasteiger partial charge is 0.463 e. The minimum atomic E-state index is -0.656. The second kappa shape index (κ2) is 6.48. The zero-order valence-corrected chi connectivity index (χ0v) is 9.80. The van der Waals surface area contributed by atoms with E-state index in [0.29, 0.717) is 6.42 Å². The third kappa shape index (κ3) is 4.51. The quantitative estimate of drug-likeness (QED) is 0.453. The molecule has 0 spiro atoms. The number of ether oxygens (including phenoxy) is 2. The molecule has 0 amide bonds. The Labute approximate surface area is 99.8 Å². The molecule has 4 heteroatoms. The molecule has 0 saturated heterocycles. The summed E-state index contributed by atoms with van der Waals surface area (Å²) in [7, 11) is 1.24. The van der Waals surface area contributed by atoms with E-state index in [2.05, 4.69) is 4.74 Å². The van der Waals surface area contributed by atoms with Gasteiger partial charge in [-0.15, -0.1) is 0 Å². The lowest BCUT2D eigenvalue weighted by molar-refractivity contribution is -0.148. The van der Waals surface area contributed by atoms with Crippen LogP contribution in [0.25, 0.3) is 0 Å². The van der Waals surface area contributed by atoms with Crippen LogP contribution >= 0.6 is 0 Å². The van der Waals surface area contributed by atoms with E-state index in [1.165, 1.54) is 20.1 Å². The Kier molecular flexibility index (Phi) is 4.94. The summed E-state index contributed by atoms with van der Waals surface area (Å²) < 4.78 is 9.29. The van der Waals surface area contributed by atoms with Crippen molar-refractivity contribution in [2.45, 2.75) is 13.3 Å². The van der Waals surface area contributed by atoms with Crippen molar-refractivity contribution in [3.05, 3.63) is 47.7 Å². The first-order valence-corrected chi connectivity index (χ1v) is 5.14. The van der Waals surface area contributed by atoms with Crippen LogP contribution in [0, 0.1) is 0 Å². The first-order chi connectivity index (χ1) is 8.13. The minimum absolute atomic E-state index is 0.0798. The molecule has 0 aliphatic carbocycles. The summed E-state index contributed by atoms with van der Waals surface area (Å²) in [6.45, 7) is 1.24. The SMILES string of the molecule is COC(=O)C(=CCc1ccccc1)OC(C)=O. The average Bonchev–Trinajstić information content (AvgIpc) is 2.34. The van der Waals surface area contributed by atoms with Gasteiger partial charge in [0, 0.05) is 6.92 Å². The summed E-state index contributed by atoms with van der Waals surface area (Å²) in [6.07, 6.45) is 2.03. The number of allylic oxidation sites excluding steroid dienone is 1. The zero-order valence-electron chi connectivity index (χ0n) is 9.80. The zero-order chi connectivity index (χ0) is 12.7. The van der Waals surface area contributed by atoms with E-state index in [0.717, 1.165) is 5.56 Å². The molecule has 90 valence electrons. The van der Waals surface area contributed by atoms with Crippen molar-refractivity contribution in [3.8, 4) is 0 Å². The maximum absolute atomic E-state index is 11.3. The Morgan fingerprint density at radius 3 is 2.41 bits per heavy atom. The monoisotopic (exact) mass is 234 g/mol. The molecule has 0 fully saturated rings. The molecule has 0 bridgehead atoms. The van der Waals surface area contributed by atoms with E-state index in [-0.39, 0.29) is 5.76 Å². The van der Waals surface area contributed by atoms with Crippen LogP contribution in [0.3, 0.4) is 0 Å². The fraction of sp³-hybridized carbons (Fsp3) is 0.231. The van der Waals surface area contributed by atoms with Crippen molar-refractivity contribution in [1.29, 1.82) is 0 Å². The van der Waals surface area contributed by atoms with Crippen LogP contribution in [0.1, 0.15) is 12.5 Å². The van der Waals surface area contributed by atoms with Gasteiger partial charge in [-0.05, 0) is 18.1 Å². The second-order valence-corrected chi connectivity index (χ2v) is 3.34. The fourth-order valence-corrected chi connectivity index (χ4v) is 1.25. The lowest BCUT2D eigenvalue weighted by Crippen LogP contribution is -2.11. The molecule has 0 N–H and O–H groups in total. The van der Waals surface area contributed by atoms with Crippen LogP contribution in [0.4, 0.5) is 0 Å². The van der Waals surface area contributed by atoms with Gasteiger partial charge in [-0.1, -0.05) is 30.3 Å². The van der Waals surface area contributed by atoms with Gasteiger partial charge in [-0.2, -0.15) is 0 Å². The molecule has 0 aliphatic heterocycles. The average molecular weight is 234 g/mol. The highest BCUT2D eigenvalue weighted by molar-refractivity contribution is 5.89. The maximum Gasteiger partial charge on any atom is 0.373 e. The molecule has 0 atom stereocenters. The molecular weight excluding hydrogens is 220 g/mol. The first kappa shape index (κ1) is 13.0.